The number of carbonyl (C=O) groups is 1. The lowest BCUT2D eigenvalue weighted by molar-refractivity contribution is -0.184. The Morgan fingerprint density at radius 2 is 1.75 bits per heavy atom. The van der Waals surface area contributed by atoms with Gasteiger partial charge in [0.25, 0.3) is 0 Å². The van der Waals surface area contributed by atoms with Crippen LogP contribution in [0.4, 0.5) is 13.2 Å². The molecule has 3 nitrogen and oxygen atoms in total. The number of hydrogen-bond donors (Lipinski definition) is 2. The predicted molar refractivity (Wildman–Crippen MR) is 70.2 cm³/mol. The minimum Gasteiger partial charge on any atom is -0.352 e. The smallest absolute Gasteiger partial charge is 0.352 e. The number of rotatable bonds is 2. The highest BCUT2D eigenvalue weighted by Crippen LogP contribution is 2.39. The van der Waals surface area contributed by atoms with Gasteiger partial charge in [-0.2, -0.15) is 13.2 Å². The van der Waals surface area contributed by atoms with Gasteiger partial charge in [-0.15, -0.1) is 0 Å². The third-order valence-electron chi connectivity index (χ3n) is 4.45. The quantitative estimate of drug-likeness (QED) is 0.821. The summed E-state index contributed by atoms with van der Waals surface area (Å²) in [6.45, 7) is 1.74. The molecule has 2 rings (SSSR count). The minimum atomic E-state index is -4.10. The molecule has 0 aromatic heterocycles. The van der Waals surface area contributed by atoms with Crippen LogP contribution >= 0.6 is 0 Å². The third kappa shape index (κ3) is 4.36. The van der Waals surface area contributed by atoms with Gasteiger partial charge in [0.05, 0.1) is 5.92 Å². The maximum absolute atomic E-state index is 12.6. The molecule has 1 unspecified atom stereocenters. The van der Waals surface area contributed by atoms with E-state index < -0.39 is 12.1 Å². The maximum atomic E-state index is 12.6. The second-order valence-corrected chi connectivity index (χ2v) is 6.00. The molecule has 1 saturated carbocycles. The molecular formula is C14H23F3N2O. The number of alkyl halides is 3. The van der Waals surface area contributed by atoms with Gasteiger partial charge >= 0.3 is 6.18 Å². The molecule has 2 fully saturated rings. The molecule has 0 bridgehead atoms. The summed E-state index contributed by atoms with van der Waals surface area (Å²) in [5, 5.41) is 6.27. The lowest BCUT2D eigenvalue weighted by atomic mass is 9.81. The Hall–Kier alpha value is -0.780. The summed E-state index contributed by atoms with van der Waals surface area (Å²) in [5.41, 5.74) is 0. The van der Waals surface area contributed by atoms with Gasteiger partial charge in [0, 0.05) is 18.5 Å². The van der Waals surface area contributed by atoms with Crippen molar-refractivity contribution in [3.05, 3.63) is 0 Å². The van der Waals surface area contributed by atoms with Crippen molar-refractivity contribution in [1.82, 2.24) is 10.6 Å². The first-order chi connectivity index (χ1) is 9.47. The molecular weight excluding hydrogens is 269 g/mol. The van der Waals surface area contributed by atoms with Gasteiger partial charge in [-0.25, -0.2) is 0 Å². The number of carbonyl (C=O) groups excluding carboxylic acids is 1. The summed E-state index contributed by atoms with van der Waals surface area (Å²) < 4.78 is 37.7. The molecule has 0 aromatic carbocycles. The van der Waals surface area contributed by atoms with Gasteiger partial charge in [-0.1, -0.05) is 6.42 Å². The highest BCUT2D eigenvalue weighted by molar-refractivity contribution is 5.79. The van der Waals surface area contributed by atoms with E-state index in [0.717, 1.165) is 32.4 Å². The SMILES string of the molecule is O=C(NC1CCCCNC1)C1CCC(C(F)(F)F)CC1. The van der Waals surface area contributed by atoms with Gasteiger partial charge in [-0.3, -0.25) is 4.79 Å². The fourth-order valence-corrected chi connectivity index (χ4v) is 3.14. The second kappa shape index (κ2) is 6.78. The summed E-state index contributed by atoms with van der Waals surface area (Å²) in [5.74, 6) is -1.51. The average Bonchev–Trinajstić information content (AvgIpc) is 2.66. The first-order valence-electron chi connectivity index (χ1n) is 7.54. The standard InChI is InChI=1S/C14H23F3N2O/c15-14(16,17)11-6-4-10(5-7-11)13(20)19-12-3-1-2-8-18-9-12/h10-12,18H,1-9H2,(H,19,20). The van der Waals surface area contributed by atoms with E-state index in [1.54, 1.807) is 0 Å². The van der Waals surface area contributed by atoms with Crippen molar-refractivity contribution in [3.8, 4) is 0 Å². The van der Waals surface area contributed by atoms with Crippen LogP contribution in [0.3, 0.4) is 0 Å². The van der Waals surface area contributed by atoms with E-state index in [9.17, 15) is 18.0 Å². The topological polar surface area (TPSA) is 41.1 Å². The molecule has 2 N–H and O–H groups in total. The molecule has 2 aliphatic rings. The Morgan fingerprint density at radius 3 is 2.40 bits per heavy atom. The van der Waals surface area contributed by atoms with Crippen LogP contribution in [0.5, 0.6) is 0 Å². The molecule has 1 saturated heterocycles. The first kappa shape index (κ1) is 15.6. The van der Waals surface area contributed by atoms with E-state index in [4.69, 9.17) is 0 Å². The Kier molecular flexibility index (Phi) is 5.29. The van der Waals surface area contributed by atoms with Crippen LogP contribution < -0.4 is 10.6 Å². The van der Waals surface area contributed by atoms with Gasteiger partial charge < -0.3 is 10.6 Å². The Balaban J connectivity index is 1.76. The Bertz CT molecular complexity index is 317. The highest BCUT2D eigenvalue weighted by Gasteiger charge is 2.42. The van der Waals surface area contributed by atoms with E-state index in [1.165, 1.54) is 0 Å². The number of nitrogens with one attached hydrogen (secondary N) is 2. The van der Waals surface area contributed by atoms with Gasteiger partial charge in [0.2, 0.25) is 5.91 Å². The zero-order valence-corrected chi connectivity index (χ0v) is 11.6. The van der Waals surface area contributed by atoms with Crippen LogP contribution in [0.2, 0.25) is 0 Å². The minimum absolute atomic E-state index is 0.0562. The van der Waals surface area contributed by atoms with Gasteiger partial charge in [0.1, 0.15) is 0 Å². The summed E-state index contributed by atoms with van der Waals surface area (Å²) in [6, 6.07) is 0.130. The molecule has 116 valence electrons. The molecule has 0 aromatic rings. The fourth-order valence-electron chi connectivity index (χ4n) is 3.14. The zero-order valence-electron chi connectivity index (χ0n) is 11.6. The maximum Gasteiger partial charge on any atom is 0.391 e. The van der Waals surface area contributed by atoms with Crippen molar-refractivity contribution in [2.75, 3.05) is 13.1 Å². The molecule has 20 heavy (non-hydrogen) atoms. The molecule has 1 amide bonds. The van der Waals surface area contributed by atoms with Crippen LogP contribution in [-0.2, 0) is 4.79 Å². The average molecular weight is 292 g/mol. The zero-order chi connectivity index (χ0) is 14.6. The summed E-state index contributed by atoms with van der Waals surface area (Å²) >= 11 is 0. The molecule has 0 radical (unpaired) electrons. The normalized spacial score (nSPS) is 32.5. The second-order valence-electron chi connectivity index (χ2n) is 6.00. The Labute approximate surface area is 117 Å². The van der Waals surface area contributed by atoms with Crippen molar-refractivity contribution in [1.29, 1.82) is 0 Å². The van der Waals surface area contributed by atoms with E-state index in [-0.39, 0.29) is 30.7 Å². The fraction of sp³-hybridized carbons (Fsp3) is 0.929. The molecule has 1 aliphatic heterocycles. The van der Waals surface area contributed by atoms with Crippen LogP contribution in [0.25, 0.3) is 0 Å². The lowest BCUT2D eigenvalue weighted by Gasteiger charge is -2.30. The van der Waals surface area contributed by atoms with Crippen LogP contribution in [-0.4, -0.2) is 31.2 Å². The summed E-state index contributed by atoms with van der Waals surface area (Å²) in [7, 11) is 0. The van der Waals surface area contributed by atoms with Gasteiger partial charge in [0.15, 0.2) is 0 Å². The summed E-state index contributed by atoms with van der Waals surface area (Å²) in [6.07, 6.45) is -0.0631. The molecule has 1 heterocycles. The van der Waals surface area contributed by atoms with E-state index in [2.05, 4.69) is 10.6 Å². The van der Waals surface area contributed by atoms with Crippen molar-refractivity contribution in [3.63, 3.8) is 0 Å². The third-order valence-corrected chi connectivity index (χ3v) is 4.45. The van der Waals surface area contributed by atoms with Crippen LogP contribution in [0, 0.1) is 11.8 Å². The van der Waals surface area contributed by atoms with Crippen LogP contribution in [0.15, 0.2) is 0 Å². The molecule has 1 atom stereocenters. The number of halogens is 3. The van der Waals surface area contributed by atoms with E-state index in [0.29, 0.717) is 12.8 Å². The van der Waals surface area contributed by atoms with E-state index in [1.807, 2.05) is 0 Å². The number of amides is 1. The lowest BCUT2D eigenvalue weighted by Crippen LogP contribution is -2.44. The molecule has 6 heteroatoms. The van der Waals surface area contributed by atoms with Crippen molar-refractivity contribution in [2.24, 2.45) is 11.8 Å². The van der Waals surface area contributed by atoms with Crippen molar-refractivity contribution in [2.45, 2.75) is 57.2 Å². The van der Waals surface area contributed by atoms with Crippen molar-refractivity contribution < 1.29 is 18.0 Å². The molecule has 1 aliphatic carbocycles. The highest BCUT2D eigenvalue weighted by atomic mass is 19.4. The first-order valence-corrected chi connectivity index (χ1v) is 7.54. The van der Waals surface area contributed by atoms with E-state index >= 15 is 0 Å². The summed E-state index contributed by atoms with van der Waals surface area (Å²) in [4.78, 5) is 12.1. The predicted octanol–water partition coefficient (Wildman–Crippen LogP) is 2.61. The monoisotopic (exact) mass is 292 g/mol. The Morgan fingerprint density at radius 1 is 1.05 bits per heavy atom. The number of hydrogen-bond acceptors (Lipinski definition) is 2. The van der Waals surface area contributed by atoms with Gasteiger partial charge in [-0.05, 0) is 45.1 Å². The van der Waals surface area contributed by atoms with Crippen molar-refractivity contribution >= 4 is 5.91 Å². The largest absolute Gasteiger partial charge is 0.391 e. The molecule has 0 spiro atoms. The van der Waals surface area contributed by atoms with Crippen LogP contribution in [0.1, 0.15) is 44.9 Å².